The molecule has 0 amide bonds. The third-order valence-corrected chi connectivity index (χ3v) is 3.06. The molecular formula is C13H21NO3. The highest BCUT2D eigenvalue weighted by Gasteiger charge is 2.25. The average molecular weight is 239 g/mol. The molecule has 2 unspecified atom stereocenters. The number of furan rings is 1. The van der Waals surface area contributed by atoms with Crippen LogP contribution < -0.4 is 0 Å². The highest BCUT2D eigenvalue weighted by Crippen LogP contribution is 2.27. The minimum atomic E-state index is -0.759. The second kappa shape index (κ2) is 6.45. The van der Waals surface area contributed by atoms with Crippen LogP contribution in [0.25, 0.3) is 0 Å². The van der Waals surface area contributed by atoms with Crippen molar-refractivity contribution in [3.63, 3.8) is 0 Å². The maximum Gasteiger partial charge on any atom is 0.304 e. The van der Waals surface area contributed by atoms with Crippen molar-refractivity contribution in [1.82, 2.24) is 4.90 Å². The predicted octanol–water partition coefficient (Wildman–Crippen LogP) is 2.92. The standard InChI is InChI=1S/C13H21NO3/c1-4-11(12-7-6-8-17-12)14(5-2)10(3)9-13(15)16/h6-8,10-11H,4-5,9H2,1-3H3,(H,15,16). The van der Waals surface area contributed by atoms with Gasteiger partial charge in [-0.25, -0.2) is 0 Å². The second-order valence-electron chi connectivity index (χ2n) is 4.22. The molecule has 0 saturated heterocycles. The van der Waals surface area contributed by atoms with Gasteiger partial charge in [-0.05, 0) is 32.0 Å². The fraction of sp³-hybridized carbons (Fsp3) is 0.615. The van der Waals surface area contributed by atoms with Crippen LogP contribution in [0.5, 0.6) is 0 Å². The van der Waals surface area contributed by atoms with Crippen LogP contribution >= 0.6 is 0 Å². The van der Waals surface area contributed by atoms with E-state index in [-0.39, 0.29) is 18.5 Å². The number of rotatable bonds is 7. The Kier molecular flexibility index (Phi) is 5.22. The van der Waals surface area contributed by atoms with Crippen molar-refractivity contribution in [3.8, 4) is 0 Å². The average Bonchev–Trinajstić information content (AvgIpc) is 2.77. The summed E-state index contributed by atoms with van der Waals surface area (Å²) in [6.07, 6.45) is 2.73. The molecule has 17 heavy (non-hydrogen) atoms. The van der Waals surface area contributed by atoms with Crippen molar-refractivity contribution in [2.24, 2.45) is 0 Å². The molecule has 0 aliphatic rings. The maximum absolute atomic E-state index is 10.8. The number of aliphatic carboxylic acids is 1. The van der Waals surface area contributed by atoms with Crippen LogP contribution in [0.2, 0.25) is 0 Å². The van der Waals surface area contributed by atoms with E-state index in [4.69, 9.17) is 9.52 Å². The van der Waals surface area contributed by atoms with E-state index in [9.17, 15) is 4.79 Å². The zero-order valence-electron chi connectivity index (χ0n) is 10.7. The zero-order chi connectivity index (χ0) is 12.8. The smallest absolute Gasteiger partial charge is 0.304 e. The van der Waals surface area contributed by atoms with E-state index in [1.165, 1.54) is 0 Å². The van der Waals surface area contributed by atoms with Gasteiger partial charge in [0, 0.05) is 6.04 Å². The molecule has 0 spiro atoms. The highest BCUT2D eigenvalue weighted by molar-refractivity contribution is 5.67. The Balaban J connectivity index is 2.80. The van der Waals surface area contributed by atoms with Gasteiger partial charge in [0.1, 0.15) is 5.76 Å². The minimum Gasteiger partial charge on any atom is -0.481 e. The monoisotopic (exact) mass is 239 g/mol. The van der Waals surface area contributed by atoms with Crippen molar-refractivity contribution in [2.45, 2.75) is 45.7 Å². The molecule has 1 aromatic heterocycles. The molecule has 1 N–H and O–H groups in total. The Bertz CT molecular complexity index is 334. The summed E-state index contributed by atoms with van der Waals surface area (Å²) in [5, 5.41) is 8.86. The summed E-state index contributed by atoms with van der Waals surface area (Å²) < 4.78 is 5.44. The van der Waals surface area contributed by atoms with Crippen LogP contribution in [-0.2, 0) is 4.79 Å². The van der Waals surface area contributed by atoms with Crippen molar-refractivity contribution < 1.29 is 14.3 Å². The molecule has 0 bridgehead atoms. The Hall–Kier alpha value is -1.29. The molecule has 0 saturated carbocycles. The van der Waals surface area contributed by atoms with E-state index >= 15 is 0 Å². The Morgan fingerprint density at radius 3 is 2.65 bits per heavy atom. The molecule has 1 heterocycles. The summed E-state index contributed by atoms with van der Waals surface area (Å²) in [5.41, 5.74) is 0. The number of carboxylic acids is 1. The third kappa shape index (κ3) is 3.60. The molecule has 2 atom stereocenters. The molecule has 4 nitrogen and oxygen atoms in total. The van der Waals surface area contributed by atoms with Gasteiger partial charge in [-0.1, -0.05) is 13.8 Å². The van der Waals surface area contributed by atoms with Crippen LogP contribution in [0.15, 0.2) is 22.8 Å². The van der Waals surface area contributed by atoms with Crippen molar-refractivity contribution in [3.05, 3.63) is 24.2 Å². The molecule has 96 valence electrons. The molecule has 1 rings (SSSR count). The summed E-state index contributed by atoms with van der Waals surface area (Å²) in [5.74, 6) is 0.150. The summed E-state index contributed by atoms with van der Waals surface area (Å²) in [7, 11) is 0. The quantitative estimate of drug-likeness (QED) is 0.794. The number of carbonyl (C=O) groups is 1. The van der Waals surface area contributed by atoms with Crippen LogP contribution in [-0.4, -0.2) is 28.6 Å². The van der Waals surface area contributed by atoms with Gasteiger partial charge in [0.15, 0.2) is 0 Å². The first kappa shape index (κ1) is 13.8. The molecular weight excluding hydrogens is 218 g/mol. The summed E-state index contributed by atoms with van der Waals surface area (Å²) >= 11 is 0. The van der Waals surface area contributed by atoms with E-state index in [1.807, 2.05) is 26.0 Å². The zero-order valence-corrected chi connectivity index (χ0v) is 10.7. The van der Waals surface area contributed by atoms with E-state index in [1.54, 1.807) is 6.26 Å². The summed E-state index contributed by atoms with van der Waals surface area (Å²) in [6.45, 7) is 6.89. The van der Waals surface area contributed by atoms with Crippen LogP contribution in [0, 0.1) is 0 Å². The molecule has 0 radical (unpaired) electrons. The lowest BCUT2D eigenvalue weighted by atomic mass is 10.1. The van der Waals surface area contributed by atoms with E-state index < -0.39 is 5.97 Å². The molecule has 1 aromatic rings. The fourth-order valence-corrected chi connectivity index (χ4v) is 2.29. The highest BCUT2D eigenvalue weighted by atomic mass is 16.4. The first-order valence-corrected chi connectivity index (χ1v) is 6.11. The Morgan fingerprint density at radius 2 is 2.24 bits per heavy atom. The van der Waals surface area contributed by atoms with Gasteiger partial charge in [0.2, 0.25) is 0 Å². The summed E-state index contributed by atoms with van der Waals surface area (Å²) in [6, 6.07) is 3.98. The third-order valence-electron chi connectivity index (χ3n) is 3.06. The lowest BCUT2D eigenvalue weighted by Gasteiger charge is -2.33. The molecule has 0 aliphatic carbocycles. The van der Waals surface area contributed by atoms with E-state index in [0.29, 0.717) is 0 Å². The lowest BCUT2D eigenvalue weighted by Crippen LogP contribution is -2.37. The minimum absolute atomic E-state index is 0.00699. The van der Waals surface area contributed by atoms with Gasteiger partial charge < -0.3 is 9.52 Å². The first-order chi connectivity index (χ1) is 8.10. The van der Waals surface area contributed by atoms with Gasteiger partial charge >= 0.3 is 5.97 Å². The normalized spacial score (nSPS) is 14.8. The van der Waals surface area contributed by atoms with E-state index in [0.717, 1.165) is 18.7 Å². The van der Waals surface area contributed by atoms with Crippen molar-refractivity contribution in [2.75, 3.05) is 6.54 Å². The van der Waals surface area contributed by atoms with Gasteiger partial charge in [-0.2, -0.15) is 0 Å². The molecule has 0 aromatic carbocycles. The number of nitrogens with zero attached hydrogens (tertiary/aromatic N) is 1. The number of hydrogen-bond acceptors (Lipinski definition) is 3. The molecule has 0 aliphatic heterocycles. The Labute approximate surface area is 102 Å². The second-order valence-corrected chi connectivity index (χ2v) is 4.22. The fourth-order valence-electron chi connectivity index (χ4n) is 2.29. The summed E-state index contributed by atoms with van der Waals surface area (Å²) in [4.78, 5) is 13.0. The Morgan fingerprint density at radius 1 is 1.53 bits per heavy atom. The van der Waals surface area contributed by atoms with Crippen LogP contribution in [0.1, 0.15) is 45.4 Å². The van der Waals surface area contributed by atoms with Crippen molar-refractivity contribution in [1.29, 1.82) is 0 Å². The number of carboxylic acid groups (broad SMARTS) is 1. The topological polar surface area (TPSA) is 53.7 Å². The van der Waals surface area contributed by atoms with Gasteiger partial charge in [-0.15, -0.1) is 0 Å². The van der Waals surface area contributed by atoms with Crippen LogP contribution in [0.3, 0.4) is 0 Å². The maximum atomic E-state index is 10.8. The molecule has 0 fully saturated rings. The van der Waals surface area contributed by atoms with Gasteiger partial charge in [0.25, 0.3) is 0 Å². The molecule has 4 heteroatoms. The van der Waals surface area contributed by atoms with Crippen LogP contribution in [0.4, 0.5) is 0 Å². The SMILES string of the molecule is CCC(c1ccco1)N(CC)C(C)CC(=O)O. The van der Waals surface area contributed by atoms with Gasteiger partial charge in [0.05, 0.1) is 18.7 Å². The first-order valence-electron chi connectivity index (χ1n) is 6.11. The largest absolute Gasteiger partial charge is 0.481 e. The number of hydrogen-bond donors (Lipinski definition) is 1. The van der Waals surface area contributed by atoms with Gasteiger partial charge in [-0.3, -0.25) is 9.69 Å². The van der Waals surface area contributed by atoms with Crippen molar-refractivity contribution >= 4 is 5.97 Å². The predicted molar refractivity (Wildman–Crippen MR) is 65.8 cm³/mol. The lowest BCUT2D eigenvalue weighted by molar-refractivity contribution is -0.138. The van der Waals surface area contributed by atoms with E-state index in [2.05, 4.69) is 11.8 Å².